The van der Waals surface area contributed by atoms with Gasteiger partial charge in [-0.1, -0.05) is 56.3 Å². The molecule has 0 fully saturated rings. The number of rotatable bonds is 3. The van der Waals surface area contributed by atoms with Gasteiger partial charge in [-0.2, -0.15) is 0 Å². The van der Waals surface area contributed by atoms with Crippen LogP contribution in [-0.4, -0.2) is 9.97 Å². The van der Waals surface area contributed by atoms with Crippen LogP contribution in [0.2, 0.25) is 0 Å². The zero-order valence-corrected chi connectivity index (χ0v) is 11.4. The van der Waals surface area contributed by atoms with E-state index >= 15 is 0 Å². The molecule has 0 bridgehead atoms. The lowest BCUT2D eigenvalue weighted by atomic mass is 10.0. The Morgan fingerprint density at radius 1 is 1.00 bits per heavy atom. The van der Waals surface area contributed by atoms with E-state index in [1.165, 1.54) is 11.1 Å². The molecule has 0 spiro atoms. The Bertz CT molecular complexity index is 681. The smallest absolute Gasteiger partial charge is 0.111 e. The minimum absolute atomic E-state index is 0.497. The number of aromatic nitrogens is 2. The van der Waals surface area contributed by atoms with Crippen molar-refractivity contribution < 1.29 is 0 Å². The van der Waals surface area contributed by atoms with Crippen LogP contribution >= 0.6 is 0 Å². The van der Waals surface area contributed by atoms with E-state index in [0.717, 1.165) is 23.3 Å². The Balaban J connectivity index is 2.00. The van der Waals surface area contributed by atoms with Gasteiger partial charge < -0.3 is 4.98 Å². The number of hydrogen-bond donors (Lipinski definition) is 1. The maximum atomic E-state index is 4.77. The van der Waals surface area contributed by atoms with Crippen molar-refractivity contribution in [2.75, 3.05) is 0 Å². The summed E-state index contributed by atoms with van der Waals surface area (Å²) in [6.07, 6.45) is 0.854. The summed E-state index contributed by atoms with van der Waals surface area (Å²) in [5.41, 5.74) is 4.85. The lowest BCUT2D eigenvalue weighted by Crippen LogP contribution is -1.90. The standard InChI is InChI=1S/C17H18N2/c1-12(2)14-9-6-10-15-17(14)19-16(18-15)11-13-7-4-3-5-8-13/h3-10,12H,11H2,1-2H3,(H,18,19). The number of benzene rings is 2. The first kappa shape index (κ1) is 12.0. The van der Waals surface area contributed by atoms with E-state index in [1.54, 1.807) is 0 Å². The summed E-state index contributed by atoms with van der Waals surface area (Å²) in [6.45, 7) is 4.42. The molecule has 0 atom stereocenters. The van der Waals surface area contributed by atoms with Crippen molar-refractivity contribution in [3.63, 3.8) is 0 Å². The predicted molar refractivity (Wildman–Crippen MR) is 79.4 cm³/mol. The largest absolute Gasteiger partial charge is 0.342 e. The molecule has 1 heterocycles. The van der Waals surface area contributed by atoms with Gasteiger partial charge in [-0.25, -0.2) is 4.98 Å². The summed E-state index contributed by atoms with van der Waals surface area (Å²) < 4.78 is 0. The van der Waals surface area contributed by atoms with Crippen molar-refractivity contribution in [1.82, 2.24) is 9.97 Å². The molecular weight excluding hydrogens is 232 g/mol. The van der Waals surface area contributed by atoms with E-state index in [2.05, 4.69) is 61.3 Å². The monoisotopic (exact) mass is 250 g/mol. The second-order valence-corrected chi connectivity index (χ2v) is 5.24. The summed E-state index contributed by atoms with van der Waals surface area (Å²) in [7, 11) is 0. The SMILES string of the molecule is CC(C)c1cccc2[nH]c(Cc3ccccc3)nc12. The van der Waals surface area contributed by atoms with E-state index in [1.807, 2.05) is 6.07 Å². The molecule has 96 valence electrons. The zero-order chi connectivity index (χ0) is 13.2. The van der Waals surface area contributed by atoms with Crippen molar-refractivity contribution in [1.29, 1.82) is 0 Å². The quantitative estimate of drug-likeness (QED) is 0.738. The molecule has 3 rings (SSSR count). The van der Waals surface area contributed by atoms with E-state index in [4.69, 9.17) is 4.98 Å². The summed E-state index contributed by atoms with van der Waals surface area (Å²) in [6, 6.07) is 16.8. The summed E-state index contributed by atoms with van der Waals surface area (Å²) in [5.74, 6) is 1.53. The number of fused-ring (bicyclic) bond motifs is 1. The maximum Gasteiger partial charge on any atom is 0.111 e. The van der Waals surface area contributed by atoms with Crippen molar-refractivity contribution in [3.8, 4) is 0 Å². The van der Waals surface area contributed by atoms with Crippen molar-refractivity contribution in [2.45, 2.75) is 26.2 Å². The second kappa shape index (κ2) is 4.88. The Morgan fingerprint density at radius 2 is 1.79 bits per heavy atom. The van der Waals surface area contributed by atoms with E-state index < -0.39 is 0 Å². The number of imidazole rings is 1. The Kier molecular flexibility index (Phi) is 3.08. The number of H-pyrrole nitrogens is 1. The predicted octanol–water partition coefficient (Wildman–Crippen LogP) is 4.28. The van der Waals surface area contributed by atoms with Gasteiger partial charge in [0.05, 0.1) is 11.0 Å². The molecule has 0 aliphatic rings. The van der Waals surface area contributed by atoms with Crippen LogP contribution in [0, 0.1) is 0 Å². The number of para-hydroxylation sites is 1. The van der Waals surface area contributed by atoms with E-state index in [0.29, 0.717) is 5.92 Å². The van der Waals surface area contributed by atoms with Gasteiger partial charge in [-0.15, -0.1) is 0 Å². The highest BCUT2D eigenvalue weighted by Crippen LogP contribution is 2.24. The second-order valence-electron chi connectivity index (χ2n) is 5.24. The first-order valence-electron chi connectivity index (χ1n) is 6.75. The molecule has 0 aliphatic heterocycles. The van der Waals surface area contributed by atoms with Gasteiger partial charge in [0.25, 0.3) is 0 Å². The van der Waals surface area contributed by atoms with Crippen LogP contribution in [0.1, 0.15) is 36.7 Å². The van der Waals surface area contributed by atoms with Crippen molar-refractivity contribution in [2.24, 2.45) is 0 Å². The fourth-order valence-electron chi connectivity index (χ4n) is 2.44. The number of nitrogens with zero attached hydrogens (tertiary/aromatic N) is 1. The normalized spacial score (nSPS) is 11.3. The van der Waals surface area contributed by atoms with Crippen LogP contribution in [0.5, 0.6) is 0 Å². The third-order valence-electron chi connectivity index (χ3n) is 3.43. The first-order chi connectivity index (χ1) is 9.24. The molecule has 0 unspecified atom stereocenters. The third-order valence-corrected chi connectivity index (χ3v) is 3.43. The summed E-state index contributed by atoms with van der Waals surface area (Å²) >= 11 is 0. The molecule has 0 saturated carbocycles. The molecule has 2 aromatic carbocycles. The fraction of sp³-hybridized carbons (Fsp3) is 0.235. The lowest BCUT2D eigenvalue weighted by Gasteiger charge is -2.04. The van der Waals surface area contributed by atoms with Gasteiger partial charge in [-0.05, 0) is 23.1 Å². The van der Waals surface area contributed by atoms with Gasteiger partial charge in [0.1, 0.15) is 5.82 Å². The molecule has 1 aromatic heterocycles. The van der Waals surface area contributed by atoms with Crippen LogP contribution in [0.4, 0.5) is 0 Å². The molecule has 0 amide bonds. The molecule has 1 N–H and O–H groups in total. The maximum absolute atomic E-state index is 4.77. The number of nitrogens with one attached hydrogen (secondary N) is 1. The average Bonchev–Trinajstić information content (AvgIpc) is 2.81. The zero-order valence-electron chi connectivity index (χ0n) is 11.4. The van der Waals surface area contributed by atoms with Crippen LogP contribution in [0.3, 0.4) is 0 Å². The highest BCUT2D eigenvalue weighted by atomic mass is 14.9. The minimum atomic E-state index is 0.497. The molecule has 2 nitrogen and oxygen atoms in total. The van der Waals surface area contributed by atoms with Crippen molar-refractivity contribution in [3.05, 3.63) is 65.5 Å². The van der Waals surface area contributed by atoms with Crippen LogP contribution in [-0.2, 0) is 6.42 Å². The first-order valence-corrected chi connectivity index (χ1v) is 6.75. The molecule has 0 saturated heterocycles. The molecule has 0 aliphatic carbocycles. The van der Waals surface area contributed by atoms with E-state index in [-0.39, 0.29) is 0 Å². The third kappa shape index (κ3) is 2.39. The average molecular weight is 250 g/mol. The highest BCUT2D eigenvalue weighted by Gasteiger charge is 2.09. The number of aromatic amines is 1. The Morgan fingerprint density at radius 3 is 2.53 bits per heavy atom. The summed E-state index contributed by atoms with van der Waals surface area (Å²) in [5, 5.41) is 0. The molecule has 0 radical (unpaired) electrons. The van der Waals surface area contributed by atoms with Crippen molar-refractivity contribution >= 4 is 11.0 Å². The molecule has 2 heteroatoms. The van der Waals surface area contributed by atoms with Gasteiger partial charge in [0, 0.05) is 6.42 Å². The van der Waals surface area contributed by atoms with E-state index in [9.17, 15) is 0 Å². The topological polar surface area (TPSA) is 28.7 Å². The van der Waals surface area contributed by atoms with Crippen LogP contribution < -0.4 is 0 Å². The lowest BCUT2D eigenvalue weighted by molar-refractivity contribution is 0.872. The van der Waals surface area contributed by atoms with Gasteiger partial charge >= 0.3 is 0 Å². The summed E-state index contributed by atoms with van der Waals surface area (Å²) in [4.78, 5) is 8.20. The van der Waals surface area contributed by atoms with Gasteiger partial charge in [0.15, 0.2) is 0 Å². The van der Waals surface area contributed by atoms with Gasteiger partial charge in [-0.3, -0.25) is 0 Å². The Labute approximate surface area is 113 Å². The number of hydrogen-bond acceptors (Lipinski definition) is 1. The fourth-order valence-corrected chi connectivity index (χ4v) is 2.44. The molecular formula is C17H18N2. The highest BCUT2D eigenvalue weighted by molar-refractivity contribution is 5.79. The van der Waals surface area contributed by atoms with Gasteiger partial charge in [0.2, 0.25) is 0 Å². The molecule has 19 heavy (non-hydrogen) atoms. The molecule has 3 aromatic rings. The van der Waals surface area contributed by atoms with Crippen LogP contribution in [0.15, 0.2) is 48.5 Å². The Hall–Kier alpha value is -2.09. The minimum Gasteiger partial charge on any atom is -0.342 e. The van der Waals surface area contributed by atoms with Crippen LogP contribution in [0.25, 0.3) is 11.0 Å².